The topological polar surface area (TPSA) is 87.0 Å². The highest BCUT2D eigenvalue weighted by Crippen LogP contribution is 2.36. The molecule has 5 nitrogen and oxygen atoms in total. The van der Waals surface area contributed by atoms with Crippen molar-refractivity contribution in [2.24, 2.45) is 5.92 Å². The number of aliphatic hydroxyl groups excluding tert-OH is 3. The predicted molar refractivity (Wildman–Crippen MR) is 36.0 cm³/mol. The van der Waals surface area contributed by atoms with Crippen molar-refractivity contribution in [2.45, 2.75) is 31.0 Å². The third-order valence-corrected chi connectivity index (χ3v) is 2.53. The van der Waals surface area contributed by atoms with E-state index in [4.69, 9.17) is 9.84 Å². The van der Waals surface area contributed by atoms with Crippen molar-refractivity contribution in [3.63, 3.8) is 0 Å². The van der Waals surface area contributed by atoms with Crippen LogP contribution < -0.4 is 0 Å². The quantitative estimate of drug-likeness (QED) is 0.396. The van der Waals surface area contributed by atoms with E-state index < -0.39 is 30.5 Å². The molecule has 2 fully saturated rings. The Morgan fingerprint density at radius 2 is 2.00 bits per heavy atom. The molecule has 2 unspecified atom stereocenters. The van der Waals surface area contributed by atoms with Crippen molar-refractivity contribution in [3.8, 4) is 0 Å². The van der Waals surface area contributed by atoms with Crippen LogP contribution in [0.3, 0.4) is 0 Å². The molecule has 0 aromatic heterocycles. The number of ether oxygens (including phenoxy) is 1. The summed E-state index contributed by atoms with van der Waals surface area (Å²) in [5.41, 5.74) is 0. The first-order valence-electron chi connectivity index (χ1n) is 3.83. The van der Waals surface area contributed by atoms with E-state index in [-0.39, 0.29) is 12.2 Å². The zero-order chi connectivity index (χ0) is 8.88. The first-order valence-corrected chi connectivity index (χ1v) is 3.83. The van der Waals surface area contributed by atoms with Gasteiger partial charge >= 0.3 is 0 Å². The molecule has 2 rings (SSSR count). The van der Waals surface area contributed by atoms with E-state index in [0.29, 0.717) is 0 Å². The van der Waals surface area contributed by atoms with Gasteiger partial charge in [0, 0.05) is 12.3 Å². The molecule has 0 aromatic carbocycles. The maximum Gasteiger partial charge on any atom is 0.181 e. The largest absolute Gasteiger partial charge is 0.387 e. The van der Waals surface area contributed by atoms with Crippen molar-refractivity contribution >= 4 is 5.78 Å². The molecule has 1 aliphatic heterocycles. The zero-order valence-corrected chi connectivity index (χ0v) is 6.25. The molecule has 1 aliphatic carbocycles. The first-order chi connectivity index (χ1) is 5.61. The summed E-state index contributed by atoms with van der Waals surface area (Å²) in [6.45, 7) is 0. The number of rotatable bonds is 0. The number of Topliss-reactive ketones (excluding diaryl/α,β-unsaturated/α-hetero) is 1. The van der Waals surface area contributed by atoms with Gasteiger partial charge in [-0.05, 0) is 0 Å². The minimum Gasteiger partial charge on any atom is -0.387 e. The molecule has 3 N–H and O–H groups in total. The van der Waals surface area contributed by atoms with E-state index in [9.17, 15) is 15.0 Å². The van der Waals surface area contributed by atoms with Gasteiger partial charge in [-0.15, -0.1) is 0 Å². The van der Waals surface area contributed by atoms with E-state index >= 15 is 0 Å². The predicted octanol–water partition coefficient (Wildman–Crippen LogP) is -1.99. The standard InChI is InChI=1S/C7H10O5/c8-3-1-2-4(9)7(11)12-6(2)5(3)10/h2,4-7,9-11H,1H2/t2-,4-,5-,6?,7?/m1/s1. The lowest BCUT2D eigenvalue weighted by molar-refractivity contribution is -0.153. The highest BCUT2D eigenvalue weighted by atomic mass is 16.6. The molecule has 0 aromatic rings. The molecular formula is C7H10O5. The number of hydrogen-bond donors (Lipinski definition) is 3. The van der Waals surface area contributed by atoms with Crippen LogP contribution in [-0.4, -0.2) is 45.7 Å². The van der Waals surface area contributed by atoms with Crippen molar-refractivity contribution in [2.75, 3.05) is 0 Å². The van der Waals surface area contributed by atoms with Gasteiger partial charge in [0.25, 0.3) is 0 Å². The van der Waals surface area contributed by atoms with Gasteiger partial charge in [-0.3, -0.25) is 4.79 Å². The van der Waals surface area contributed by atoms with Crippen molar-refractivity contribution in [3.05, 3.63) is 0 Å². The zero-order valence-electron chi connectivity index (χ0n) is 6.25. The van der Waals surface area contributed by atoms with E-state index in [0.717, 1.165) is 0 Å². The number of fused-ring (bicyclic) bond motifs is 1. The Bertz CT molecular complexity index is 216. The Hall–Kier alpha value is -0.490. The van der Waals surface area contributed by atoms with E-state index in [1.165, 1.54) is 0 Å². The molecule has 0 amide bonds. The van der Waals surface area contributed by atoms with Crippen LogP contribution in [0, 0.1) is 5.92 Å². The average molecular weight is 174 g/mol. The number of carbonyl (C=O) groups is 1. The second kappa shape index (κ2) is 2.50. The Balaban J connectivity index is 2.19. The second-order valence-corrected chi connectivity index (χ2v) is 3.26. The van der Waals surface area contributed by atoms with Crippen molar-refractivity contribution in [1.82, 2.24) is 0 Å². The molecule has 2 aliphatic rings. The average Bonchev–Trinajstić information content (AvgIpc) is 2.43. The monoisotopic (exact) mass is 174 g/mol. The van der Waals surface area contributed by atoms with E-state index in [2.05, 4.69) is 0 Å². The number of hydrogen-bond acceptors (Lipinski definition) is 5. The van der Waals surface area contributed by atoms with Gasteiger partial charge in [0.2, 0.25) is 0 Å². The van der Waals surface area contributed by atoms with Gasteiger partial charge in [0.05, 0.1) is 6.10 Å². The van der Waals surface area contributed by atoms with E-state index in [1.807, 2.05) is 0 Å². The molecule has 0 bridgehead atoms. The molecule has 0 radical (unpaired) electrons. The lowest BCUT2D eigenvalue weighted by Gasteiger charge is -2.10. The molecule has 1 saturated carbocycles. The smallest absolute Gasteiger partial charge is 0.181 e. The van der Waals surface area contributed by atoms with Gasteiger partial charge in [-0.25, -0.2) is 0 Å². The molecule has 5 heteroatoms. The fourth-order valence-electron chi connectivity index (χ4n) is 1.83. The first kappa shape index (κ1) is 8.12. The molecule has 0 spiro atoms. The molecule has 5 atom stereocenters. The molecule has 1 saturated heterocycles. The molecule has 12 heavy (non-hydrogen) atoms. The summed E-state index contributed by atoms with van der Waals surface area (Å²) in [6.07, 6.45) is -4.12. The summed E-state index contributed by atoms with van der Waals surface area (Å²) < 4.78 is 4.81. The maximum absolute atomic E-state index is 10.9. The normalized spacial score (nSPS) is 52.9. The third kappa shape index (κ3) is 0.910. The van der Waals surface area contributed by atoms with Crippen LogP contribution in [0.2, 0.25) is 0 Å². The molecule has 68 valence electrons. The summed E-state index contributed by atoms with van der Waals surface area (Å²) in [5.74, 6) is -0.765. The molecule has 1 heterocycles. The lowest BCUT2D eigenvalue weighted by Crippen LogP contribution is -2.28. The van der Waals surface area contributed by atoms with E-state index in [1.54, 1.807) is 0 Å². The van der Waals surface area contributed by atoms with Crippen LogP contribution in [0.4, 0.5) is 0 Å². The van der Waals surface area contributed by atoms with Crippen molar-refractivity contribution < 1.29 is 24.9 Å². The Morgan fingerprint density at radius 1 is 1.33 bits per heavy atom. The summed E-state index contributed by atoms with van der Waals surface area (Å²) in [4.78, 5) is 10.9. The summed E-state index contributed by atoms with van der Waals surface area (Å²) >= 11 is 0. The minimum absolute atomic E-state index is 0.0874. The van der Waals surface area contributed by atoms with Gasteiger partial charge in [0.1, 0.15) is 12.2 Å². The van der Waals surface area contributed by atoms with Gasteiger partial charge in [-0.2, -0.15) is 0 Å². The Kier molecular flexibility index (Phi) is 1.69. The van der Waals surface area contributed by atoms with Crippen LogP contribution in [0.5, 0.6) is 0 Å². The van der Waals surface area contributed by atoms with Crippen LogP contribution in [0.25, 0.3) is 0 Å². The van der Waals surface area contributed by atoms with Crippen LogP contribution in [0.1, 0.15) is 6.42 Å². The highest BCUT2D eigenvalue weighted by molar-refractivity contribution is 5.86. The SMILES string of the molecule is O=C1C[C@H]2C(OC(O)[C@@H]2O)[C@@H]1O. The molecular weight excluding hydrogens is 164 g/mol. The van der Waals surface area contributed by atoms with Gasteiger partial charge in [-0.1, -0.05) is 0 Å². The fraction of sp³-hybridized carbons (Fsp3) is 0.857. The van der Waals surface area contributed by atoms with Crippen LogP contribution in [-0.2, 0) is 9.53 Å². The number of ketones is 1. The summed E-state index contributed by atoms with van der Waals surface area (Å²) in [5, 5.41) is 27.5. The minimum atomic E-state index is -1.26. The number of aliphatic hydroxyl groups is 3. The Labute approximate surface area is 68.6 Å². The summed E-state index contributed by atoms with van der Waals surface area (Å²) in [7, 11) is 0. The lowest BCUT2D eigenvalue weighted by atomic mass is 10.0. The summed E-state index contributed by atoms with van der Waals surface area (Å²) in [6, 6.07) is 0. The van der Waals surface area contributed by atoms with Crippen LogP contribution >= 0.6 is 0 Å². The Morgan fingerprint density at radius 3 is 2.58 bits per heavy atom. The van der Waals surface area contributed by atoms with Gasteiger partial charge < -0.3 is 20.1 Å². The second-order valence-electron chi connectivity index (χ2n) is 3.26. The maximum atomic E-state index is 10.9. The number of carbonyl (C=O) groups excluding carboxylic acids is 1. The highest BCUT2D eigenvalue weighted by Gasteiger charge is 2.53. The fourth-order valence-corrected chi connectivity index (χ4v) is 1.83. The van der Waals surface area contributed by atoms with Gasteiger partial charge in [0.15, 0.2) is 12.1 Å². The van der Waals surface area contributed by atoms with Crippen LogP contribution in [0.15, 0.2) is 0 Å². The third-order valence-electron chi connectivity index (χ3n) is 2.53. The van der Waals surface area contributed by atoms with Crippen molar-refractivity contribution in [1.29, 1.82) is 0 Å².